The fraction of sp³-hybridized carbons (Fsp3) is 0. The van der Waals surface area contributed by atoms with Gasteiger partial charge in [0.2, 0.25) is 0 Å². The third-order valence-electron chi connectivity index (χ3n) is 7.60. The summed E-state index contributed by atoms with van der Waals surface area (Å²) in [5.41, 5.74) is 9.22. The molecule has 200 valence electrons. The Morgan fingerprint density at radius 3 is 1.05 bits per heavy atom. The highest BCUT2D eigenvalue weighted by Gasteiger charge is 2.14. The SMILES string of the molecule is c1ccc(N(c2ccccc2)c2ccc(-c3ccc4cc(N(c5ccccc5)c5ccccc5)ccc4c3)cc2)cc1. The summed E-state index contributed by atoms with van der Waals surface area (Å²) in [5, 5.41) is 2.43. The van der Waals surface area contributed by atoms with Crippen molar-refractivity contribution in [3.8, 4) is 11.1 Å². The molecule has 0 aliphatic heterocycles. The molecule has 0 saturated heterocycles. The number of hydrogen-bond acceptors (Lipinski definition) is 2. The summed E-state index contributed by atoms with van der Waals surface area (Å²) in [6, 6.07) is 64.4. The number of benzene rings is 7. The highest BCUT2D eigenvalue weighted by molar-refractivity contribution is 5.92. The maximum absolute atomic E-state index is 2.30. The monoisotopic (exact) mass is 538 g/mol. The Bertz CT molecular complexity index is 1820. The molecule has 0 aromatic heterocycles. The number of para-hydroxylation sites is 4. The zero-order chi connectivity index (χ0) is 28.1. The van der Waals surface area contributed by atoms with Crippen LogP contribution >= 0.6 is 0 Å². The average molecular weight is 539 g/mol. The van der Waals surface area contributed by atoms with E-state index in [0.717, 1.165) is 34.1 Å². The van der Waals surface area contributed by atoms with Gasteiger partial charge in [0.1, 0.15) is 0 Å². The second-order valence-corrected chi connectivity index (χ2v) is 10.3. The molecule has 0 bridgehead atoms. The number of hydrogen-bond donors (Lipinski definition) is 0. The molecule has 7 aromatic carbocycles. The Morgan fingerprint density at radius 1 is 0.238 bits per heavy atom. The number of fused-ring (bicyclic) bond motifs is 1. The minimum Gasteiger partial charge on any atom is -0.311 e. The van der Waals surface area contributed by atoms with Crippen molar-refractivity contribution in [2.45, 2.75) is 0 Å². The van der Waals surface area contributed by atoms with E-state index in [2.05, 4.69) is 192 Å². The van der Waals surface area contributed by atoms with Crippen molar-refractivity contribution in [2.75, 3.05) is 9.80 Å². The molecule has 0 spiro atoms. The average Bonchev–Trinajstić information content (AvgIpc) is 3.07. The minimum absolute atomic E-state index is 1.13. The smallest absolute Gasteiger partial charge is 0.0468 e. The number of rotatable bonds is 7. The summed E-state index contributed by atoms with van der Waals surface area (Å²) >= 11 is 0. The van der Waals surface area contributed by atoms with Crippen molar-refractivity contribution in [1.82, 2.24) is 0 Å². The molecule has 0 heterocycles. The highest BCUT2D eigenvalue weighted by atomic mass is 15.1. The topological polar surface area (TPSA) is 6.48 Å². The first-order valence-electron chi connectivity index (χ1n) is 14.3. The molecule has 7 rings (SSSR count). The number of nitrogens with zero attached hydrogens (tertiary/aromatic N) is 2. The highest BCUT2D eigenvalue weighted by Crippen LogP contribution is 2.38. The summed E-state index contributed by atoms with van der Waals surface area (Å²) in [6.45, 7) is 0. The van der Waals surface area contributed by atoms with Crippen LogP contribution < -0.4 is 9.80 Å². The Hall–Kier alpha value is -5.60. The van der Waals surface area contributed by atoms with E-state index in [1.165, 1.54) is 21.9 Å². The number of anilines is 6. The summed E-state index contributed by atoms with van der Waals surface area (Å²) in [5.74, 6) is 0. The molecule has 0 saturated carbocycles. The molecule has 0 atom stereocenters. The van der Waals surface area contributed by atoms with E-state index in [1.807, 2.05) is 0 Å². The molecule has 42 heavy (non-hydrogen) atoms. The maximum Gasteiger partial charge on any atom is 0.0468 e. The quantitative estimate of drug-likeness (QED) is 0.199. The first-order valence-corrected chi connectivity index (χ1v) is 14.3. The van der Waals surface area contributed by atoms with Crippen molar-refractivity contribution in [2.24, 2.45) is 0 Å². The van der Waals surface area contributed by atoms with Gasteiger partial charge in [-0.3, -0.25) is 0 Å². The largest absolute Gasteiger partial charge is 0.311 e. The minimum atomic E-state index is 1.13. The Balaban J connectivity index is 1.21. The summed E-state index contributed by atoms with van der Waals surface area (Å²) in [6.07, 6.45) is 0. The van der Waals surface area contributed by atoms with Crippen molar-refractivity contribution in [3.05, 3.63) is 182 Å². The van der Waals surface area contributed by atoms with Crippen LogP contribution in [0.25, 0.3) is 21.9 Å². The molecular weight excluding hydrogens is 508 g/mol. The molecule has 0 aliphatic carbocycles. The van der Waals surface area contributed by atoms with Gasteiger partial charge in [-0.2, -0.15) is 0 Å². The van der Waals surface area contributed by atoms with E-state index in [1.54, 1.807) is 0 Å². The van der Waals surface area contributed by atoms with Gasteiger partial charge in [-0.15, -0.1) is 0 Å². The van der Waals surface area contributed by atoms with Gasteiger partial charge in [-0.05, 0) is 101 Å². The Labute approximate surface area is 247 Å². The van der Waals surface area contributed by atoms with Crippen LogP contribution in [0.15, 0.2) is 182 Å². The van der Waals surface area contributed by atoms with Crippen molar-refractivity contribution >= 4 is 44.9 Å². The van der Waals surface area contributed by atoms with Crippen molar-refractivity contribution < 1.29 is 0 Å². The summed E-state index contributed by atoms with van der Waals surface area (Å²) in [4.78, 5) is 4.59. The molecule has 0 N–H and O–H groups in total. The predicted octanol–water partition coefficient (Wildman–Crippen LogP) is 11.4. The van der Waals surface area contributed by atoms with Gasteiger partial charge in [0.25, 0.3) is 0 Å². The maximum atomic E-state index is 2.30. The predicted molar refractivity (Wildman–Crippen MR) is 179 cm³/mol. The zero-order valence-electron chi connectivity index (χ0n) is 23.2. The lowest BCUT2D eigenvalue weighted by Crippen LogP contribution is -2.09. The second kappa shape index (κ2) is 11.5. The van der Waals surface area contributed by atoms with Crippen LogP contribution in [0.3, 0.4) is 0 Å². The Morgan fingerprint density at radius 2 is 0.571 bits per heavy atom. The lowest BCUT2D eigenvalue weighted by atomic mass is 10.00. The lowest BCUT2D eigenvalue weighted by molar-refractivity contribution is 1.28. The van der Waals surface area contributed by atoms with E-state index in [4.69, 9.17) is 0 Å². The van der Waals surface area contributed by atoms with Gasteiger partial charge in [-0.25, -0.2) is 0 Å². The third kappa shape index (κ3) is 5.14. The van der Waals surface area contributed by atoms with Gasteiger partial charge in [0, 0.05) is 34.1 Å². The summed E-state index contributed by atoms with van der Waals surface area (Å²) < 4.78 is 0. The molecule has 2 nitrogen and oxygen atoms in total. The first-order chi connectivity index (χ1) is 20.8. The standard InChI is InChI=1S/C40H30N2/c1-5-13-35(14-6-1)41(36-15-7-2-8-16-36)39-26-23-31(24-27-39)32-21-22-34-30-40(28-25-33(34)29-32)42(37-17-9-3-10-18-37)38-19-11-4-12-20-38/h1-30H. The van der Waals surface area contributed by atoms with E-state index < -0.39 is 0 Å². The van der Waals surface area contributed by atoms with E-state index >= 15 is 0 Å². The van der Waals surface area contributed by atoms with Gasteiger partial charge >= 0.3 is 0 Å². The van der Waals surface area contributed by atoms with Crippen LogP contribution in [0.2, 0.25) is 0 Å². The van der Waals surface area contributed by atoms with E-state index in [9.17, 15) is 0 Å². The first kappa shape index (κ1) is 25.4. The molecule has 0 unspecified atom stereocenters. The molecule has 7 aromatic rings. The fourth-order valence-electron chi connectivity index (χ4n) is 5.56. The van der Waals surface area contributed by atoms with Gasteiger partial charge in [0.05, 0.1) is 0 Å². The van der Waals surface area contributed by atoms with Crippen molar-refractivity contribution in [3.63, 3.8) is 0 Å². The van der Waals surface area contributed by atoms with Crippen molar-refractivity contribution in [1.29, 1.82) is 0 Å². The molecule has 0 radical (unpaired) electrons. The normalized spacial score (nSPS) is 10.9. The van der Waals surface area contributed by atoms with Gasteiger partial charge in [0.15, 0.2) is 0 Å². The molecule has 2 heteroatoms. The molecular formula is C40H30N2. The third-order valence-corrected chi connectivity index (χ3v) is 7.60. The lowest BCUT2D eigenvalue weighted by Gasteiger charge is -2.26. The van der Waals surface area contributed by atoms with E-state index in [0.29, 0.717) is 0 Å². The molecule has 0 amide bonds. The van der Waals surface area contributed by atoms with Gasteiger partial charge < -0.3 is 9.80 Å². The van der Waals surface area contributed by atoms with Gasteiger partial charge in [-0.1, -0.05) is 103 Å². The van der Waals surface area contributed by atoms with E-state index in [-0.39, 0.29) is 0 Å². The van der Waals surface area contributed by atoms with Crippen LogP contribution in [0.4, 0.5) is 34.1 Å². The van der Waals surface area contributed by atoms with Crippen LogP contribution in [0, 0.1) is 0 Å². The second-order valence-electron chi connectivity index (χ2n) is 10.3. The van der Waals surface area contributed by atoms with Crippen LogP contribution in [-0.4, -0.2) is 0 Å². The molecule has 0 fully saturated rings. The van der Waals surface area contributed by atoms with Crippen LogP contribution in [0.5, 0.6) is 0 Å². The van der Waals surface area contributed by atoms with Crippen LogP contribution in [-0.2, 0) is 0 Å². The summed E-state index contributed by atoms with van der Waals surface area (Å²) in [7, 11) is 0. The van der Waals surface area contributed by atoms with Crippen LogP contribution in [0.1, 0.15) is 0 Å². The Kier molecular flexibility index (Phi) is 6.94. The molecule has 0 aliphatic rings. The zero-order valence-corrected chi connectivity index (χ0v) is 23.2. The fourth-order valence-corrected chi connectivity index (χ4v) is 5.56.